The molecule has 3 unspecified atom stereocenters. The molecule has 1 fully saturated rings. The number of aliphatic hydroxyl groups excluding tert-OH is 1. The van der Waals surface area contributed by atoms with E-state index >= 15 is 0 Å². The van der Waals surface area contributed by atoms with Gasteiger partial charge in [-0.2, -0.15) is 0 Å². The number of aliphatic hydroxyl groups is 1. The highest BCUT2D eigenvalue weighted by atomic mass is 16.5. The lowest BCUT2D eigenvalue weighted by molar-refractivity contribution is -0.0682. The van der Waals surface area contributed by atoms with Gasteiger partial charge in [-0.05, 0) is 38.3 Å². The Balaban J connectivity index is 2.09. The Hall–Kier alpha value is -0.900. The number of ether oxygens (including phenoxy) is 1. The normalized spacial score (nSPS) is 25.6. The second-order valence-corrected chi connectivity index (χ2v) is 6.04. The van der Waals surface area contributed by atoms with Crippen molar-refractivity contribution in [2.75, 3.05) is 19.7 Å². The second kappa shape index (κ2) is 6.70. The number of hydrogen-bond donors (Lipinski definition) is 1. The molecule has 1 heterocycles. The van der Waals surface area contributed by atoms with Crippen molar-refractivity contribution in [1.82, 2.24) is 4.90 Å². The SMILES string of the molecule is CCC1COC(C)CN1CC(O)c1cc(C)ccc1C. The maximum Gasteiger partial charge on any atom is 0.0919 e. The van der Waals surface area contributed by atoms with Gasteiger partial charge >= 0.3 is 0 Å². The van der Waals surface area contributed by atoms with E-state index in [-0.39, 0.29) is 6.10 Å². The highest BCUT2D eigenvalue weighted by molar-refractivity contribution is 5.32. The largest absolute Gasteiger partial charge is 0.387 e. The third-order valence-electron chi connectivity index (χ3n) is 4.25. The summed E-state index contributed by atoms with van der Waals surface area (Å²) in [6, 6.07) is 6.71. The van der Waals surface area contributed by atoms with Gasteiger partial charge in [-0.1, -0.05) is 30.7 Å². The Morgan fingerprint density at radius 1 is 1.40 bits per heavy atom. The van der Waals surface area contributed by atoms with Crippen LogP contribution in [0.15, 0.2) is 18.2 Å². The smallest absolute Gasteiger partial charge is 0.0919 e. The lowest BCUT2D eigenvalue weighted by Gasteiger charge is -2.39. The second-order valence-electron chi connectivity index (χ2n) is 6.04. The first-order chi connectivity index (χ1) is 9.51. The molecule has 1 N–H and O–H groups in total. The average molecular weight is 277 g/mol. The van der Waals surface area contributed by atoms with E-state index in [1.807, 2.05) is 0 Å². The Kier molecular flexibility index (Phi) is 5.19. The van der Waals surface area contributed by atoms with Crippen LogP contribution in [0.5, 0.6) is 0 Å². The summed E-state index contributed by atoms with van der Waals surface area (Å²) in [6.07, 6.45) is 0.893. The van der Waals surface area contributed by atoms with Crippen LogP contribution in [-0.2, 0) is 4.74 Å². The van der Waals surface area contributed by atoms with Gasteiger partial charge < -0.3 is 9.84 Å². The van der Waals surface area contributed by atoms with Crippen LogP contribution >= 0.6 is 0 Å². The standard InChI is InChI=1S/C17H27NO2/c1-5-15-11-20-14(4)9-18(15)10-17(19)16-8-12(2)6-7-13(16)3/h6-8,14-15,17,19H,5,9-11H2,1-4H3. The number of nitrogens with zero attached hydrogens (tertiary/aromatic N) is 1. The highest BCUT2D eigenvalue weighted by Crippen LogP contribution is 2.23. The molecule has 1 aromatic carbocycles. The van der Waals surface area contributed by atoms with Crippen LogP contribution < -0.4 is 0 Å². The Morgan fingerprint density at radius 2 is 2.15 bits per heavy atom. The van der Waals surface area contributed by atoms with E-state index < -0.39 is 6.10 Å². The van der Waals surface area contributed by atoms with Crippen molar-refractivity contribution in [1.29, 1.82) is 0 Å². The van der Waals surface area contributed by atoms with Crippen molar-refractivity contribution in [2.24, 2.45) is 0 Å². The molecule has 0 amide bonds. The summed E-state index contributed by atoms with van der Waals surface area (Å²) in [5.41, 5.74) is 3.42. The minimum absolute atomic E-state index is 0.253. The van der Waals surface area contributed by atoms with E-state index in [1.54, 1.807) is 0 Å². The first-order valence-corrected chi connectivity index (χ1v) is 7.62. The van der Waals surface area contributed by atoms with Crippen LogP contribution in [0.4, 0.5) is 0 Å². The number of rotatable bonds is 4. The van der Waals surface area contributed by atoms with E-state index in [0.717, 1.165) is 30.7 Å². The fourth-order valence-electron chi connectivity index (χ4n) is 2.95. The fraction of sp³-hybridized carbons (Fsp3) is 0.647. The maximum absolute atomic E-state index is 10.6. The molecule has 0 radical (unpaired) electrons. The van der Waals surface area contributed by atoms with Gasteiger partial charge in [0, 0.05) is 19.1 Å². The monoisotopic (exact) mass is 277 g/mol. The van der Waals surface area contributed by atoms with Crippen LogP contribution in [0.1, 0.15) is 43.1 Å². The zero-order valence-corrected chi connectivity index (χ0v) is 13.1. The molecule has 0 aliphatic carbocycles. The summed E-state index contributed by atoms with van der Waals surface area (Å²) in [6.45, 7) is 10.8. The third kappa shape index (κ3) is 3.60. The topological polar surface area (TPSA) is 32.7 Å². The minimum atomic E-state index is -0.422. The molecule has 0 spiro atoms. The summed E-state index contributed by atoms with van der Waals surface area (Å²) in [5.74, 6) is 0. The van der Waals surface area contributed by atoms with E-state index in [0.29, 0.717) is 12.6 Å². The number of β-amino-alcohol motifs (C(OH)–C–C–N with tert-alkyl or cyclic N) is 1. The zero-order valence-electron chi connectivity index (χ0n) is 13.1. The fourth-order valence-corrected chi connectivity index (χ4v) is 2.95. The molecule has 20 heavy (non-hydrogen) atoms. The first kappa shape index (κ1) is 15.5. The molecule has 2 rings (SSSR count). The van der Waals surface area contributed by atoms with Gasteiger partial charge in [0.05, 0.1) is 18.8 Å². The zero-order chi connectivity index (χ0) is 14.7. The van der Waals surface area contributed by atoms with Crippen LogP contribution in [-0.4, -0.2) is 41.8 Å². The first-order valence-electron chi connectivity index (χ1n) is 7.62. The molecule has 3 atom stereocenters. The van der Waals surface area contributed by atoms with Crippen LogP contribution in [0, 0.1) is 13.8 Å². The van der Waals surface area contributed by atoms with E-state index in [4.69, 9.17) is 4.74 Å². The number of aryl methyl sites for hydroxylation is 2. The van der Waals surface area contributed by atoms with Gasteiger partial charge in [0.2, 0.25) is 0 Å². The molecule has 0 saturated carbocycles. The molecule has 1 saturated heterocycles. The number of morpholine rings is 1. The van der Waals surface area contributed by atoms with Crippen molar-refractivity contribution in [3.8, 4) is 0 Å². The molecule has 112 valence electrons. The number of hydrogen-bond acceptors (Lipinski definition) is 3. The van der Waals surface area contributed by atoms with Crippen molar-refractivity contribution in [3.05, 3.63) is 34.9 Å². The molecule has 3 nitrogen and oxygen atoms in total. The third-order valence-corrected chi connectivity index (χ3v) is 4.25. The predicted octanol–water partition coefficient (Wildman–Crippen LogP) is 2.84. The van der Waals surface area contributed by atoms with Crippen LogP contribution in [0.2, 0.25) is 0 Å². The Labute approximate surface area is 122 Å². The van der Waals surface area contributed by atoms with Crippen molar-refractivity contribution < 1.29 is 9.84 Å². The van der Waals surface area contributed by atoms with Gasteiger partial charge in [-0.15, -0.1) is 0 Å². The lowest BCUT2D eigenvalue weighted by atomic mass is 9.99. The quantitative estimate of drug-likeness (QED) is 0.918. The molecule has 0 bridgehead atoms. The van der Waals surface area contributed by atoms with Crippen LogP contribution in [0.25, 0.3) is 0 Å². The summed E-state index contributed by atoms with van der Waals surface area (Å²) < 4.78 is 5.72. The maximum atomic E-state index is 10.6. The lowest BCUT2D eigenvalue weighted by Crippen LogP contribution is -2.49. The molecular formula is C17H27NO2. The Bertz CT molecular complexity index is 447. The summed E-state index contributed by atoms with van der Waals surface area (Å²) in [4.78, 5) is 2.38. The van der Waals surface area contributed by atoms with Crippen molar-refractivity contribution in [3.63, 3.8) is 0 Å². The van der Waals surface area contributed by atoms with Crippen molar-refractivity contribution in [2.45, 2.75) is 52.4 Å². The Morgan fingerprint density at radius 3 is 2.85 bits per heavy atom. The van der Waals surface area contributed by atoms with Crippen LogP contribution in [0.3, 0.4) is 0 Å². The van der Waals surface area contributed by atoms with E-state index in [1.165, 1.54) is 5.56 Å². The highest BCUT2D eigenvalue weighted by Gasteiger charge is 2.27. The molecule has 1 aliphatic heterocycles. The van der Waals surface area contributed by atoms with Gasteiger partial charge in [0.15, 0.2) is 0 Å². The van der Waals surface area contributed by atoms with Gasteiger partial charge in [0.25, 0.3) is 0 Å². The summed E-state index contributed by atoms with van der Waals surface area (Å²) in [5, 5.41) is 10.6. The van der Waals surface area contributed by atoms with Crippen molar-refractivity contribution >= 4 is 0 Å². The molecule has 3 heteroatoms. The van der Waals surface area contributed by atoms with E-state index in [2.05, 4.69) is 50.8 Å². The molecular weight excluding hydrogens is 250 g/mol. The predicted molar refractivity (Wildman–Crippen MR) is 81.9 cm³/mol. The van der Waals surface area contributed by atoms with Gasteiger partial charge in [-0.25, -0.2) is 0 Å². The van der Waals surface area contributed by atoms with Gasteiger partial charge in [0.1, 0.15) is 0 Å². The molecule has 1 aromatic rings. The number of benzene rings is 1. The molecule has 1 aliphatic rings. The molecule has 0 aromatic heterocycles. The minimum Gasteiger partial charge on any atom is -0.387 e. The van der Waals surface area contributed by atoms with Gasteiger partial charge in [-0.3, -0.25) is 4.90 Å². The summed E-state index contributed by atoms with van der Waals surface area (Å²) in [7, 11) is 0. The summed E-state index contributed by atoms with van der Waals surface area (Å²) >= 11 is 0. The van der Waals surface area contributed by atoms with E-state index in [9.17, 15) is 5.11 Å². The average Bonchev–Trinajstić information content (AvgIpc) is 2.41.